The lowest BCUT2D eigenvalue weighted by Gasteiger charge is -2.27. The lowest BCUT2D eigenvalue weighted by atomic mass is 9.99. The van der Waals surface area contributed by atoms with Crippen molar-refractivity contribution in [3.05, 3.63) is 22.7 Å². The van der Waals surface area contributed by atoms with Crippen LogP contribution in [-0.4, -0.2) is 11.4 Å². The summed E-state index contributed by atoms with van der Waals surface area (Å²) in [7, 11) is 0. The zero-order valence-electron chi connectivity index (χ0n) is 10.3. The first-order valence-corrected chi connectivity index (χ1v) is 5.71. The van der Waals surface area contributed by atoms with E-state index in [0.29, 0.717) is 10.7 Å². The molecule has 0 bridgehead atoms. The Bertz CT molecular complexity index is 444. The van der Waals surface area contributed by atoms with Gasteiger partial charge < -0.3 is 16.8 Å². The Kier molecular flexibility index (Phi) is 3.88. The molecule has 0 heterocycles. The monoisotopic (exact) mass is 255 g/mol. The molecule has 0 aliphatic heterocycles. The fourth-order valence-corrected chi connectivity index (χ4v) is 1.85. The molecule has 1 amide bonds. The molecule has 0 atom stereocenters. The maximum absolute atomic E-state index is 10.9. The van der Waals surface area contributed by atoms with Gasteiger partial charge in [-0.05, 0) is 38.5 Å². The fourth-order valence-electron chi connectivity index (χ4n) is 1.68. The van der Waals surface area contributed by atoms with Crippen molar-refractivity contribution in [2.24, 2.45) is 5.73 Å². The summed E-state index contributed by atoms with van der Waals surface area (Å²) in [6, 6.07) is 3.56. The summed E-state index contributed by atoms with van der Waals surface area (Å²) in [6.45, 7) is 5.73. The summed E-state index contributed by atoms with van der Waals surface area (Å²) < 4.78 is 0. The zero-order valence-corrected chi connectivity index (χ0v) is 11.1. The number of rotatable bonds is 4. The second kappa shape index (κ2) is 4.84. The van der Waals surface area contributed by atoms with Crippen LogP contribution in [0.15, 0.2) is 12.1 Å². The number of anilines is 2. The first kappa shape index (κ1) is 13.6. The van der Waals surface area contributed by atoms with Crippen LogP contribution in [0.1, 0.15) is 25.8 Å². The van der Waals surface area contributed by atoms with Crippen molar-refractivity contribution in [2.45, 2.75) is 32.7 Å². The molecule has 1 aromatic rings. The molecule has 4 nitrogen and oxygen atoms in total. The molecule has 0 aliphatic carbocycles. The third-order valence-electron chi connectivity index (χ3n) is 2.43. The number of halogens is 1. The number of carbonyl (C=O) groups is 1. The molecule has 0 saturated carbocycles. The maximum Gasteiger partial charge on any atom is 0.219 e. The predicted molar refractivity (Wildman–Crippen MR) is 72.1 cm³/mol. The largest absolute Gasteiger partial charge is 0.398 e. The number of amides is 1. The van der Waals surface area contributed by atoms with Crippen molar-refractivity contribution in [1.82, 2.24) is 0 Å². The van der Waals surface area contributed by atoms with E-state index in [1.165, 1.54) is 0 Å². The fraction of sp³-hybridized carbons (Fsp3) is 0.417. The van der Waals surface area contributed by atoms with Crippen LogP contribution in [0.5, 0.6) is 0 Å². The lowest BCUT2D eigenvalue weighted by molar-refractivity contribution is -0.118. The van der Waals surface area contributed by atoms with Gasteiger partial charge in [0.25, 0.3) is 0 Å². The normalized spacial score (nSPS) is 11.3. The molecule has 17 heavy (non-hydrogen) atoms. The molecule has 5 N–H and O–H groups in total. The average Bonchev–Trinajstić information content (AvgIpc) is 2.11. The summed E-state index contributed by atoms with van der Waals surface area (Å²) in [4.78, 5) is 10.9. The van der Waals surface area contributed by atoms with Crippen molar-refractivity contribution in [3.8, 4) is 0 Å². The number of aryl methyl sites for hydroxylation is 1. The van der Waals surface area contributed by atoms with Crippen molar-refractivity contribution >= 4 is 28.9 Å². The van der Waals surface area contributed by atoms with Crippen LogP contribution in [0.2, 0.25) is 5.02 Å². The van der Waals surface area contributed by atoms with Crippen LogP contribution in [0.3, 0.4) is 0 Å². The van der Waals surface area contributed by atoms with Crippen LogP contribution in [0.4, 0.5) is 11.4 Å². The van der Waals surface area contributed by atoms with E-state index in [-0.39, 0.29) is 12.3 Å². The Balaban J connectivity index is 2.95. The first-order valence-electron chi connectivity index (χ1n) is 5.33. The topological polar surface area (TPSA) is 81.1 Å². The van der Waals surface area contributed by atoms with E-state index in [0.717, 1.165) is 11.3 Å². The molecule has 0 spiro atoms. The Morgan fingerprint density at radius 3 is 2.59 bits per heavy atom. The van der Waals surface area contributed by atoms with Gasteiger partial charge in [-0.1, -0.05) is 11.6 Å². The van der Waals surface area contributed by atoms with Crippen molar-refractivity contribution in [3.63, 3.8) is 0 Å². The Morgan fingerprint density at radius 2 is 2.06 bits per heavy atom. The SMILES string of the molecule is Cc1cc(N)c(Cl)cc1NC(C)(C)CC(N)=O. The minimum Gasteiger partial charge on any atom is -0.398 e. The number of nitrogen functional groups attached to an aromatic ring is 1. The number of nitrogens with two attached hydrogens (primary N) is 2. The second-order valence-electron chi connectivity index (χ2n) is 4.84. The first-order chi connectivity index (χ1) is 7.71. The standard InChI is InChI=1S/C12H18ClN3O/c1-7-4-9(14)8(13)5-10(7)16-12(2,3)6-11(15)17/h4-5,16H,6,14H2,1-3H3,(H2,15,17). The van der Waals surface area contributed by atoms with Crippen LogP contribution in [0, 0.1) is 6.92 Å². The average molecular weight is 256 g/mol. The lowest BCUT2D eigenvalue weighted by Crippen LogP contribution is -2.36. The van der Waals surface area contributed by atoms with Crippen molar-refractivity contribution < 1.29 is 4.79 Å². The Hall–Kier alpha value is -1.42. The third kappa shape index (κ3) is 3.82. The van der Waals surface area contributed by atoms with Crippen molar-refractivity contribution in [2.75, 3.05) is 11.1 Å². The van der Waals surface area contributed by atoms with E-state index in [2.05, 4.69) is 5.32 Å². The molecule has 0 aliphatic rings. The third-order valence-corrected chi connectivity index (χ3v) is 2.76. The van der Waals surface area contributed by atoms with E-state index in [1.807, 2.05) is 20.8 Å². The Labute approximate surface area is 106 Å². The molecule has 1 aromatic carbocycles. The predicted octanol–water partition coefficient (Wildman–Crippen LogP) is 2.30. The van der Waals surface area contributed by atoms with E-state index < -0.39 is 5.54 Å². The minimum atomic E-state index is -0.421. The summed E-state index contributed by atoms with van der Waals surface area (Å²) in [6.07, 6.45) is 0.244. The van der Waals surface area contributed by atoms with Gasteiger partial charge in [-0.3, -0.25) is 4.79 Å². The van der Waals surface area contributed by atoms with Gasteiger partial charge >= 0.3 is 0 Å². The molecule has 94 valence electrons. The van der Waals surface area contributed by atoms with Crippen LogP contribution in [0.25, 0.3) is 0 Å². The van der Waals surface area contributed by atoms with E-state index >= 15 is 0 Å². The van der Waals surface area contributed by atoms with Crippen molar-refractivity contribution in [1.29, 1.82) is 0 Å². The number of benzene rings is 1. The van der Waals surface area contributed by atoms with Gasteiger partial charge in [0, 0.05) is 17.6 Å². The Morgan fingerprint density at radius 1 is 1.47 bits per heavy atom. The van der Waals surface area contributed by atoms with Crippen LogP contribution < -0.4 is 16.8 Å². The minimum absolute atomic E-state index is 0.244. The van der Waals surface area contributed by atoms with Gasteiger partial charge in [0.2, 0.25) is 5.91 Å². The molecule has 0 unspecified atom stereocenters. The smallest absolute Gasteiger partial charge is 0.219 e. The maximum atomic E-state index is 10.9. The highest BCUT2D eigenvalue weighted by atomic mass is 35.5. The zero-order chi connectivity index (χ0) is 13.2. The number of carbonyl (C=O) groups excluding carboxylic acids is 1. The summed E-state index contributed by atoms with van der Waals surface area (Å²) in [5.41, 5.74) is 12.9. The van der Waals surface area contributed by atoms with Gasteiger partial charge in [0.1, 0.15) is 0 Å². The summed E-state index contributed by atoms with van der Waals surface area (Å²) >= 11 is 5.96. The van der Waals surface area contributed by atoms with Gasteiger partial charge in [-0.2, -0.15) is 0 Å². The highest BCUT2D eigenvalue weighted by molar-refractivity contribution is 6.33. The molecule has 1 rings (SSSR count). The van der Waals surface area contributed by atoms with Gasteiger partial charge in [-0.15, -0.1) is 0 Å². The molecule has 0 fully saturated rings. The van der Waals surface area contributed by atoms with Gasteiger partial charge in [0.15, 0.2) is 0 Å². The van der Waals surface area contributed by atoms with E-state index in [1.54, 1.807) is 12.1 Å². The molecular weight excluding hydrogens is 238 g/mol. The number of nitrogens with one attached hydrogen (secondary N) is 1. The molecule has 0 radical (unpaired) electrons. The van der Waals surface area contributed by atoms with Crippen LogP contribution in [-0.2, 0) is 4.79 Å². The highest BCUT2D eigenvalue weighted by Gasteiger charge is 2.21. The van der Waals surface area contributed by atoms with Gasteiger partial charge in [0.05, 0.1) is 10.7 Å². The molecule has 5 heteroatoms. The number of hydrogen-bond acceptors (Lipinski definition) is 3. The van der Waals surface area contributed by atoms with E-state index in [9.17, 15) is 4.79 Å². The molecule has 0 aromatic heterocycles. The number of hydrogen-bond donors (Lipinski definition) is 3. The molecular formula is C12H18ClN3O. The quantitative estimate of drug-likeness (QED) is 0.722. The summed E-state index contributed by atoms with van der Waals surface area (Å²) in [5, 5.41) is 3.74. The highest BCUT2D eigenvalue weighted by Crippen LogP contribution is 2.29. The number of primary amides is 1. The van der Waals surface area contributed by atoms with E-state index in [4.69, 9.17) is 23.1 Å². The summed E-state index contributed by atoms with van der Waals surface area (Å²) in [5.74, 6) is -0.346. The van der Waals surface area contributed by atoms with Crippen LogP contribution >= 0.6 is 11.6 Å². The molecule has 0 saturated heterocycles. The van der Waals surface area contributed by atoms with Gasteiger partial charge in [-0.25, -0.2) is 0 Å². The second-order valence-corrected chi connectivity index (χ2v) is 5.25.